The van der Waals surface area contributed by atoms with Crippen LogP contribution in [0.5, 0.6) is 0 Å². The third kappa shape index (κ3) is 19.3. The molecule has 11 fully saturated rings. The van der Waals surface area contributed by atoms with Gasteiger partial charge in [-0.25, -0.2) is 0 Å². The number of fused-ring (bicyclic) bond motifs is 10. The van der Waals surface area contributed by atoms with Crippen molar-refractivity contribution in [2.45, 2.75) is 444 Å². The molecule has 0 bridgehead atoms. The lowest BCUT2D eigenvalue weighted by Gasteiger charge is -2.67. The number of ketones is 1. The SMILES string of the molecule is C.CC(CCC(C)C(C)(C)O)C1CCC2(C)C3CC=C4C(CCC(O)C4(C)C)C3(C)C(O)CC12C.CC1CCC2(C)C3CC=C4C(CCC(OC5OC(COC6OC(CO)C(O)C(O)C6O)C(O)C(O)C5O)C4(C)C)C3(C)C(=O)CC12C.CCC1OC(OCC2OC(OC(CCC(C)C)C(C)(C)O)C(OC3OC(CO)C(O)C(O)C3O)C(O)C2O)C(O)C(O)C1O. The molecule has 0 aromatic heterocycles. The van der Waals surface area contributed by atoms with Crippen LogP contribution in [0.2, 0.25) is 0 Å². The molecule has 20 N–H and O–H groups in total. The highest BCUT2D eigenvalue weighted by molar-refractivity contribution is 5.88. The molecule has 8 aliphatic carbocycles. The maximum absolute atomic E-state index is 14.2. The molecular weight excluding hydrogens is 1640 g/mol. The van der Waals surface area contributed by atoms with Gasteiger partial charge in [0.2, 0.25) is 0 Å². The van der Waals surface area contributed by atoms with Gasteiger partial charge in [0, 0.05) is 28.1 Å². The molecule has 5 aliphatic heterocycles. The van der Waals surface area contributed by atoms with E-state index in [-0.39, 0.29) is 69.9 Å². The normalized spacial score (nSPS) is 48.7. The second-order valence-corrected chi connectivity index (χ2v) is 44.4. The molecule has 31 nitrogen and oxygen atoms in total. The summed E-state index contributed by atoms with van der Waals surface area (Å²) in [7, 11) is 0. The third-order valence-corrected chi connectivity index (χ3v) is 35.6. The highest BCUT2D eigenvalue weighted by atomic mass is 16.8. The standard InChI is InChI=1S/C35H56O12.C31H54O3.C28H52O16.CH4/c1-16-11-12-33(4)21-9-7-17-18(35(21,6)22(37)13-34(16,33)5)8-10-23(32(17,2)3)47-31-29(43)27(41)25(39)20(46-31)15-44-30-28(42)26(40)24(38)19(14-36)45-30;1-19(10-11-20(2)28(5,6)34)21-16-17-29(7)24-14-12-22-23(13-15-25(32)27(22,3)4)31(24,9)26(33)18-30(21,29)8;1-6-12-16(30)19(33)22(36)25(40-12)39-10-14-18(32)21(35)24(44-26-23(37)20(34)17(31)13(9-29)41-26)27(42-14)43-15(28(4,5)38)8-7-11(2)3;/h7,16,18-21,23-31,36,38-43H,8-15H2,1-6H3;12,19-21,23-26,32-34H,10-11,13-18H2,1-9H3;11-27,29-38H,6-10H2,1-5H3;1H4. The molecule has 43 atom stereocenters. The average molecular weight is 1800 g/mol. The second-order valence-electron chi connectivity index (χ2n) is 44.4. The van der Waals surface area contributed by atoms with E-state index in [1.807, 2.05) is 27.7 Å². The summed E-state index contributed by atoms with van der Waals surface area (Å²) in [4.78, 5) is 14.2. The summed E-state index contributed by atoms with van der Waals surface area (Å²) < 4.78 is 57.9. The minimum atomic E-state index is -1.83. The van der Waals surface area contributed by atoms with Crippen LogP contribution in [0.3, 0.4) is 0 Å². The van der Waals surface area contributed by atoms with E-state index in [0.717, 1.165) is 64.2 Å². The Morgan fingerprint density at radius 3 is 1.44 bits per heavy atom. The van der Waals surface area contributed by atoms with Gasteiger partial charge in [0.05, 0.1) is 68.1 Å². The van der Waals surface area contributed by atoms with Gasteiger partial charge in [-0.3, -0.25) is 4.79 Å². The van der Waals surface area contributed by atoms with E-state index in [1.165, 1.54) is 37.8 Å². The molecule has 43 unspecified atom stereocenters. The number of rotatable bonds is 24. The fraction of sp³-hybridized carbons (Fsp3) is 0.947. The number of ether oxygens (including phenoxy) is 10. The van der Waals surface area contributed by atoms with Crippen LogP contribution in [0, 0.1) is 96.6 Å². The van der Waals surface area contributed by atoms with E-state index in [2.05, 4.69) is 102 Å². The lowest BCUT2D eigenvalue weighted by molar-refractivity contribution is -0.380. The molecule has 0 aromatic rings. The van der Waals surface area contributed by atoms with Crippen molar-refractivity contribution in [3.05, 3.63) is 23.3 Å². The van der Waals surface area contributed by atoms with Crippen molar-refractivity contribution in [3.63, 3.8) is 0 Å². The summed E-state index contributed by atoms with van der Waals surface area (Å²) in [6.07, 6.45) is -20.1. The van der Waals surface area contributed by atoms with Crippen LogP contribution in [-0.2, 0) is 52.2 Å². The van der Waals surface area contributed by atoms with Crippen molar-refractivity contribution >= 4 is 5.78 Å². The predicted octanol–water partition coefficient (Wildman–Crippen LogP) is 4.63. The van der Waals surface area contributed by atoms with Crippen LogP contribution < -0.4 is 0 Å². The molecule has 31 heteroatoms. The van der Waals surface area contributed by atoms with Gasteiger partial charge in [-0.05, 0) is 199 Å². The zero-order chi connectivity index (χ0) is 93.0. The highest BCUT2D eigenvalue weighted by Crippen LogP contribution is 2.76. The fourth-order valence-corrected chi connectivity index (χ4v) is 25.8. The second kappa shape index (κ2) is 39.9. The quantitative estimate of drug-likeness (QED) is 0.0586. The number of carbonyl (C=O) groups is 1. The summed E-state index contributed by atoms with van der Waals surface area (Å²) >= 11 is 0. The smallest absolute Gasteiger partial charge is 0.187 e. The molecule has 13 rings (SSSR count). The van der Waals surface area contributed by atoms with Crippen LogP contribution in [0.4, 0.5) is 0 Å². The van der Waals surface area contributed by atoms with Gasteiger partial charge in [-0.15, -0.1) is 0 Å². The first-order valence-electron chi connectivity index (χ1n) is 46.9. The average Bonchev–Trinajstić information content (AvgIpc) is 1.37. The number of aliphatic hydroxyl groups is 20. The van der Waals surface area contributed by atoms with Crippen LogP contribution >= 0.6 is 0 Å². The number of aliphatic hydroxyl groups excluding tert-OH is 18. The Morgan fingerprint density at radius 2 is 0.913 bits per heavy atom. The lowest BCUT2D eigenvalue weighted by Crippen LogP contribution is -2.65. The van der Waals surface area contributed by atoms with E-state index in [1.54, 1.807) is 6.92 Å². The largest absolute Gasteiger partial charge is 0.394 e. The minimum Gasteiger partial charge on any atom is -0.394 e. The third-order valence-electron chi connectivity index (χ3n) is 35.6. The maximum atomic E-state index is 14.2. The van der Waals surface area contributed by atoms with E-state index in [9.17, 15) is 107 Å². The van der Waals surface area contributed by atoms with E-state index < -0.39 is 214 Å². The van der Waals surface area contributed by atoms with Gasteiger partial charge < -0.3 is 149 Å². The van der Waals surface area contributed by atoms with Crippen molar-refractivity contribution in [3.8, 4) is 0 Å². The van der Waals surface area contributed by atoms with E-state index in [0.29, 0.717) is 73.4 Å². The Hall–Kier alpha value is -2.05. The Bertz CT molecular complexity index is 3600. The van der Waals surface area contributed by atoms with Gasteiger partial charge in [0.15, 0.2) is 31.5 Å². The first-order valence-corrected chi connectivity index (χ1v) is 46.9. The van der Waals surface area contributed by atoms with E-state index >= 15 is 0 Å². The molecule has 6 saturated carbocycles. The monoisotopic (exact) mass is 1800 g/mol. The van der Waals surface area contributed by atoms with Gasteiger partial charge in [0.25, 0.3) is 0 Å². The minimum absolute atomic E-state index is 0. The summed E-state index contributed by atoms with van der Waals surface area (Å²) in [5.41, 5.74) is -0.274. The summed E-state index contributed by atoms with van der Waals surface area (Å²) in [5, 5.41) is 210. The lowest BCUT2D eigenvalue weighted by atomic mass is 9.38. The molecule has 5 saturated heterocycles. The number of hydrogen-bond acceptors (Lipinski definition) is 31. The fourth-order valence-electron chi connectivity index (χ4n) is 25.8. The predicted molar refractivity (Wildman–Crippen MR) is 461 cm³/mol. The maximum Gasteiger partial charge on any atom is 0.187 e. The molecule has 0 aromatic carbocycles. The highest BCUT2D eigenvalue weighted by Gasteiger charge is 2.73. The van der Waals surface area contributed by atoms with Crippen molar-refractivity contribution in [2.75, 3.05) is 26.4 Å². The Balaban J connectivity index is 0.000000199. The van der Waals surface area contributed by atoms with Gasteiger partial charge >= 0.3 is 0 Å². The number of carbonyl (C=O) groups excluding carboxylic acids is 1. The summed E-state index contributed by atoms with van der Waals surface area (Å²) in [6, 6.07) is 0. The Kier molecular flexibility index (Phi) is 33.6. The van der Waals surface area contributed by atoms with Crippen molar-refractivity contribution in [2.24, 2.45) is 96.6 Å². The van der Waals surface area contributed by atoms with Crippen LogP contribution in [0.1, 0.15) is 255 Å². The van der Waals surface area contributed by atoms with Gasteiger partial charge in [0.1, 0.15) is 122 Å². The summed E-state index contributed by atoms with van der Waals surface area (Å²) in [5.74, 6) is 3.85. The number of allylic oxidation sites excluding steroid dienone is 2. The zero-order valence-electron chi connectivity index (χ0n) is 77.9. The molecule has 0 radical (unpaired) electrons. The molecule has 126 heavy (non-hydrogen) atoms. The summed E-state index contributed by atoms with van der Waals surface area (Å²) in [6.45, 7) is 40.3. The van der Waals surface area contributed by atoms with Crippen molar-refractivity contribution in [1.29, 1.82) is 0 Å². The van der Waals surface area contributed by atoms with Crippen LogP contribution in [0.25, 0.3) is 0 Å². The Morgan fingerprint density at radius 1 is 0.460 bits per heavy atom. The molecule has 0 amide bonds. The van der Waals surface area contributed by atoms with Gasteiger partial charge in [-0.1, -0.05) is 148 Å². The molecule has 0 spiro atoms. The molecular formula is C95H166O31. The number of hydrogen-bond donors (Lipinski definition) is 20. The molecule has 5 heterocycles. The van der Waals surface area contributed by atoms with Crippen molar-refractivity contribution in [1.82, 2.24) is 0 Å². The Labute approximate surface area is 747 Å². The number of Topliss-reactive ketones (excluding diaryl/α,β-unsaturated/α-hetero) is 1. The van der Waals surface area contributed by atoms with Crippen molar-refractivity contribution < 1.29 is 154 Å². The van der Waals surface area contributed by atoms with Gasteiger partial charge in [-0.2, -0.15) is 0 Å². The van der Waals surface area contributed by atoms with Crippen LogP contribution in [-0.4, -0.2) is 323 Å². The first-order chi connectivity index (χ1) is 57.9. The first kappa shape index (κ1) is 106. The topological polar surface area (TPSA) is 514 Å². The molecule has 732 valence electrons. The zero-order valence-corrected chi connectivity index (χ0v) is 77.9. The van der Waals surface area contributed by atoms with E-state index in [4.69, 9.17) is 47.4 Å². The molecule has 13 aliphatic rings. The van der Waals surface area contributed by atoms with Crippen LogP contribution in [0.15, 0.2) is 23.3 Å².